The van der Waals surface area contributed by atoms with Gasteiger partial charge in [-0.1, -0.05) is 0 Å². The van der Waals surface area contributed by atoms with Gasteiger partial charge in [-0.3, -0.25) is 0 Å². The first-order valence-corrected chi connectivity index (χ1v) is 8.32. The van der Waals surface area contributed by atoms with E-state index in [9.17, 15) is 12.8 Å². The van der Waals surface area contributed by atoms with Crippen molar-refractivity contribution in [2.45, 2.75) is 18.4 Å². The summed E-state index contributed by atoms with van der Waals surface area (Å²) in [4.78, 5) is 4.07. The second-order valence-corrected chi connectivity index (χ2v) is 6.42. The molecule has 0 amide bonds. The average molecular weight is 334 g/mol. The Balaban J connectivity index is 2.22. The minimum absolute atomic E-state index is 0.0340. The predicted octanol–water partition coefficient (Wildman–Crippen LogP) is 2.00. The van der Waals surface area contributed by atoms with Gasteiger partial charge in [-0.15, -0.1) is 0 Å². The van der Waals surface area contributed by atoms with Crippen LogP contribution in [0.3, 0.4) is 0 Å². The number of nitrogens with one attached hydrogen (secondary N) is 2. The summed E-state index contributed by atoms with van der Waals surface area (Å²) in [6.45, 7) is 2.45. The molecule has 0 spiro atoms. The van der Waals surface area contributed by atoms with Crippen molar-refractivity contribution >= 4 is 15.8 Å². The van der Waals surface area contributed by atoms with Crippen LogP contribution in [0.5, 0.6) is 0 Å². The highest BCUT2D eigenvalue weighted by molar-refractivity contribution is 7.89. The number of pyridine rings is 1. The maximum absolute atomic E-state index is 12.9. The van der Waals surface area contributed by atoms with Gasteiger partial charge in [0.15, 0.2) is 0 Å². The van der Waals surface area contributed by atoms with Crippen LogP contribution in [0.2, 0.25) is 0 Å². The van der Waals surface area contributed by atoms with Crippen LogP contribution >= 0.6 is 0 Å². The van der Waals surface area contributed by atoms with Gasteiger partial charge in [0.25, 0.3) is 0 Å². The largest absolute Gasteiger partial charge is 0.370 e. The Hall–Kier alpha value is -2.50. The summed E-state index contributed by atoms with van der Waals surface area (Å²) in [7, 11) is -3.78. The second kappa shape index (κ2) is 7.17. The summed E-state index contributed by atoms with van der Waals surface area (Å²) in [6, 6.07) is 8.06. The molecule has 1 heterocycles. The van der Waals surface area contributed by atoms with Gasteiger partial charge in [-0.2, -0.15) is 5.26 Å². The fourth-order valence-electron chi connectivity index (χ4n) is 1.90. The highest BCUT2D eigenvalue weighted by Gasteiger charge is 2.15. The van der Waals surface area contributed by atoms with E-state index in [0.29, 0.717) is 23.5 Å². The van der Waals surface area contributed by atoms with Crippen molar-refractivity contribution < 1.29 is 12.8 Å². The van der Waals surface area contributed by atoms with Crippen molar-refractivity contribution in [2.75, 3.05) is 11.9 Å². The van der Waals surface area contributed by atoms with Gasteiger partial charge < -0.3 is 5.32 Å². The van der Waals surface area contributed by atoms with E-state index in [1.54, 1.807) is 6.07 Å². The molecule has 8 heteroatoms. The smallest absolute Gasteiger partial charge is 0.240 e. The molecule has 2 N–H and O–H groups in total. The summed E-state index contributed by atoms with van der Waals surface area (Å²) < 4.78 is 39.7. The summed E-state index contributed by atoms with van der Waals surface area (Å²) in [5.74, 6) is -0.00221. The molecule has 1 aromatic carbocycles. The van der Waals surface area contributed by atoms with Crippen LogP contribution in [0, 0.1) is 17.1 Å². The number of aromatic nitrogens is 1. The van der Waals surface area contributed by atoms with E-state index in [1.807, 2.05) is 13.0 Å². The fraction of sp³-hybridized carbons (Fsp3) is 0.200. The van der Waals surface area contributed by atoms with Gasteiger partial charge in [-0.05, 0) is 37.3 Å². The maximum atomic E-state index is 12.9. The molecule has 2 rings (SSSR count). The molecule has 0 atom stereocenters. The standard InChI is InChI=1S/C15H15FN4O2S/c1-2-18-15-12(7-11(8-17)9-19-15)10-20-23(21,22)14-5-3-13(16)4-6-14/h3-7,9,20H,2,10H2,1H3,(H,18,19). The number of hydrogen-bond acceptors (Lipinski definition) is 5. The molecule has 0 radical (unpaired) electrons. The zero-order valence-electron chi connectivity index (χ0n) is 12.4. The summed E-state index contributed by atoms with van der Waals surface area (Å²) >= 11 is 0. The topological polar surface area (TPSA) is 94.9 Å². The normalized spacial score (nSPS) is 11.0. The van der Waals surface area contributed by atoms with E-state index in [4.69, 9.17) is 5.26 Å². The molecular weight excluding hydrogens is 319 g/mol. The molecule has 0 aliphatic heterocycles. The number of nitriles is 1. The van der Waals surface area contributed by atoms with Crippen LogP contribution in [0.4, 0.5) is 10.2 Å². The van der Waals surface area contributed by atoms with Crippen LogP contribution in [0.15, 0.2) is 41.4 Å². The number of rotatable bonds is 6. The summed E-state index contributed by atoms with van der Waals surface area (Å²) in [5, 5.41) is 11.9. The number of sulfonamides is 1. The van der Waals surface area contributed by atoms with Crippen molar-refractivity contribution in [2.24, 2.45) is 0 Å². The van der Waals surface area contributed by atoms with E-state index in [-0.39, 0.29) is 11.4 Å². The lowest BCUT2D eigenvalue weighted by molar-refractivity contribution is 0.580. The molecule has 0 unspecified atom stereocenters. The van der Waals surface area contributed by atoms with Crippen LogP contribution in [-0.2, 0) is 16.6 Å². The number of halogens is 1. The monoisotopic (exact) mass is 334 g/mol. The third kappa shape index (κ3) is 4.25. The molecule has 0 fully saturated rings. The van der Waals surface area contributed by atoms with Crippen molar-refractivity contribution in [1.82, 2.24) is 9.71 Å². The van der Waals surface area contributed by atoms with E-state index >= 15 is 0 Å². The third-order valence-electron chi connectivity index (χ3n) is 3.02. The molecule has 0 saturated heterocycles. The Bertz CT molecular complexity index is 830. The lowest BCUT2D eigenvalue weighted by Crippen LogP contribution is -2.24. The van der Waals surface area contributed by atoms with Crippen LogP contribution in [-0.4, -0.2) is 19.9 Å². The van der Waals surface area contributed by atoms with E-state index in [1.165, 1.54) is 18.3 Å². The van der Waals surface area contributed by atoms with E-state index in [2.05, 4.69) is 15.0 Å². The van der Waals surface area contributed by atoms with Crippen LogP contribution in [0.25, 0.3) is 0 Å². The number of anilines is 1. The lowest BCUT2D eigenvalue weighted by Gasteiger charge is -2.11. The van der Waals surface area contributed by atoms with Gasteiger partial charge >= 0.3 is 0 Å². The van der Waals surface area contributed by atoms with Gasteiger partial charge in [0, 0.05) is 24.8 Å². The molecule has 2 aromatic rings. The van der Waals surface area contributed by atoms with Crippen LogP contribution < -0.4 is 10.0 Å². The first-order chi connectivity index (χ1) is 11.0. The molecule has 23 heavy (non-hydrogen) atoms. The zero-order chi connectivity index (χ0) is 16.9. The second-order valence-electron chi connectivity index (χ2n) is 4.65. The van der Waals surface area contributed by atoms with Crippen molar-refractivity contribution in [3.05, 3.63) is 53.5 Å². The van der Waals surface area contributed by atoms with Gasteiger partial charge in [0.1, 0.15) is 17.7 Å². The molecule has 120 valence electrons. The Labute approximate surface area is 134 Å². The van der Waals surface area contributed by atoms with E-state index < -0.39 is 15.8 Å². The molecule has 6 nitrogen and oxygen atoms in total. The quantitative estimate of drug-likeness (QED) is 0.842. The number of benzene rings is 1. The highest BCUT2D eigenvalue weighted by Crippen LogP contribution is 2.16. The summed E-state index contributed by atoms with van der Waals surface area (Å²) in [6.07, 6.45) is 1.41. The first-order valence-electron chi connectivity index (χ1n) is 6.84. The first kappa shape index (κ1) is 16.9. The third-order valence-corrected chi connectivity index (χ3v) is 4.43. The SMILES string of the molecule is CCNc1ncc(C#N)cc1CNS(=O)(=O)c1ccc(F)cc1. The molecule has 0 bridgehead atoms. The molecular formula is C15H15FN4O2S. The fourth-order valence-corrected chi connectivity index (χ4v) is 2.91. The average Bonchev–Trinajstić information content (AvgIpc) is 2.54. The predicted molar refractivity (Wildman–Crippen MR) is 83.5 cm³/mol. The van der Waals surface area contributed by atoms with Crippen molar-refractivity contribution in [1.29, 1.82) is 5.26 Å². The minimum atomic E-state index is -3.78. The Morgan fingerprint density at radius 2 is 2.00 bits per heavy atom. The Morgan fingerprint density at radius 1 is 1.30 bits per heavy atom. The molecule has 1 aromatic heterocycles. The van der Waals surface area contributed by atoms with E-state index in [0.717, 1.165) is 12.1 Å². The Morgan fingerprint density at radius 3 is 2.61 bits per heavy atom. The summed E-state index contributed by atoms with van der Waals surface area (Å²) in [5.41, 5.74) is 0.888. The van der Waals surface area contributed by atoms with Gasteiger partial charge in [0.05, 0.1) is 10.5 Å². The van der Waals surface area contributed by atoms with Gasteiger partial charge in [0.2, 0.25) is 10.0 Å². The highest BCUT2D eigenvalue weighted by atomic mass is 32.2. The molecule has 0 aliphatic carbocycles. The molecule has 0 saturated carbocycles. The maximum Gasteiger partial charge on any atom is 0.240 e. The lowest BCUT2D eigenvalue weighted by atomic mass is 10.2. The van der Waals surface area contributed by atoms with Gasteiger partial charge in [-0.25, -0.2) is 22.5 Å². The molecule has 0 aliphatic rings. The van der Waals surface area contributed by atoms with Crippen molar-refractivity contribution in [3.8, 4) is 6.07 Å². The number of hydrogen-bond donors (Lipinski definition) is 2. The zero-order valence-corrected chi connectivity index (χ0v) is 13.2. The van der Waals surface area contributed by atoms with Crippen molar-refractivity contribution in [3.63, 3.8) is 0 Å². The van der Waals surface area contributed by atoms with Crippen LogP contribution in [0.1, 0.15) is 18.1 Å². The Kier molecular flexibility index (Phi) is 5.26. The number of nitrogens with zero attached hydrogens (tertiary/aromatic N) is 2. The minimum Gasteiger partial charge on any atom is -0.370 e.